The number of methoxy groups -OCH3 is 1. The van der Waals surface area contributed by atoms with Crippen LogP contribution in [0.25, 0.3) is 0 Å². The highest BCUT2D eigenvalue weighted by atomic mass is 32.1. The van der Waals surface area contributed by atoms with Crippen molar-refractivity contribution in [1.82, 2.24) is 10.1 Å². The fraction of sp³-hybridized carbons (Fsp3) is 0.417. The van der Waals surface area contributed by atoms with Crippen molar-refractivity contribution < 1.29 is 18.8 Å². The van der Waals surface area contributed by atoms with Crippen LogP contribution in [-0.4, -0.2) is 29.8 Å². The highest BCUT2D eigenvalue weighted by Crippen LogP contribution is 2.19. The summed E-state index contributed by atoms with van der Waals surface area (Å²) in [5.74, 6) is -0.353. The molecule has 0 radical (unpaired) electrons. The van der Waals surface area contributed by atoms with Gasteiger partial charge >= 0.3 is 5.97 Å². The number of aryl methyl sites for hydroxylation is 1. The summed E-state index contributed by atoms with van der Waals surface area (Å²) in [6.07, 6.45) is 3.71. The van der Waals surface area contributed by atoms with Crippen LogP contribution in [-0.2, 0) is 22.5 Å². The molecule has 0 saturated carbocycles. The summed E-state index contributed by atoms with van der Waals surface area (Å²) in [5, 5.41) is 4.35. The van der Waals surface area contributed by atoms with Gasteiger partial charge in [0.1, 0.15) is 16.1 Å². The molecule has 0 unspecified atom stereocenters. The van der Waals surface area contributed by atoms with E-state index in [9.17, 15) is 4.79 Å². The third kappa shape index (κ3) is 3.62. The Morgan fingerprint density at radius 2 is 2.37 bits per heavy atom. The minimum atomic E-state index is -0.353. The second-order valence-electron chi connectivity index (χ2n) is 3.87. The summed E-state index contributed by atoms with van der Waals surface area (Å²) in [6.45, 7) is 2.47. The summed E-state index contributed by atoms with van der Waals surface area (Å²) in [6, 6.07) is 0. The zero-order valence-electron chi connectivity index (χ0n) is 10.7. The van der Waals surface area contributed by atoms with E-state index in [2.05, 4.69) is 10.1 Å². The molecule has 2 heterocycles. The Labute approximate surface area is 114 Å². The van der Waals surface area contributed by atoms with Gasteiger partial charge in [-0.25, -0.2) is 9.78 Å². The molecule has 0 aromatic carbocycles. The van der Waals surface area contributed by atoms with Crippen molar-refractivity contribution in [2.24, 2.45) is 0 Å². The molecular weight excluding hydrogens is 268 g/mol. The summed E-state index contributed by atoms with van der Waals surface area (Å²) >= 11 is 1.30. The molecule has 19 heavy (non-hydrogen) atoms. The minimum absolute atomic E-state index is 0.289. The zero-order valence-corrected chi connectivity index (χ0v) is 11.5. The molecule has 2 aromatic rings. The van der Waals surface area contributed by atoms with E-state index in [0.29, 0.717) is 23.6 Å². The third-order valence-corrected chi connectivity index (χ3v) is 3.51. The van der Waals surface area contributed by atoms with E-state index in [1.54, 1.807) is 20.2 Å². The summed E-state index contributed by atoms with van der Waals surface area (Å²) in [4.78, 5) is 16.7. The second-order valence-corrected chi connectivity index (χ2v) is 4.96. The van der Waals surface area contributed by atoms with Crippen LogP contribution in [0, 0.1) is 6.92 Å². The Morgan fingerprint density at radius 3 is 3.05 bits per heavy atom. The van der Waals surface area contributed by atoms with Crippen LogP contribution >= 0.6 is 11.3 Å². The van der Waals surface area contributed by atoms with E-state index in [1.165, 1.54) is 17.6 Å². The van der Waals surface area contributed by atoms with Crippen molar-refractivity contribution in [1.29, 1.82) is 0 Å². The van der Waals surface area contributed by atoms with E-state index >= 15 is 0 Å². The maximum absolute atomic E-state index is 11.9. The van der Waals surface area contributed by atoms with Crippen molar-refractivity contribution in [3.8, 4) is 0 Å². The normalized spacial score (nSPS) is 10.6. The fourth-order valence-electron chi connectivity index (χ4n) is 1.50. The molecular formula is C12H14N2O4S. The number of carbonyl (C=O) groups is 1. The smallest absolute Gasteiger partial charge is 0.350 e. The van der Waals surface area contributed by atoms with Crippen LogP contribution in [0.15, 0.2) is 17.0 Å². The maximum Gasteiger partial charge on any atom is 0.350 e. The molecule has 0 spiro atoms. The lowest BCUT2D eigenvalue weighted by Crippen LogP contribution is -2.07. The van der Waals surface area contributed by atoms with E-state index in [4.69, 9.17) is 14.0 Å². The van der Waals surface area contributed by atoms with Gasteiger partial charge in [-0.1, -0.05) is 5.16 Å². The molecule has 6 nitrogen and oxygen atoms in total. The van der Waals surface area contributed by atoms with E-state index in [0.717, 1.165) is 10.6 Å². The molecule has 2 rings (SSSR count). The molecule has 0 aliphatic carbocycles. The summed E-state index contributed by atoms with van der Waals surface area (Å²) in [5.41, 5.74) is 1.57. The van der Waals surface area contributed by atoms with Crippen molar-refractivity contribution in [3.05, 3.63) is 33.6 Å². The lowest BCUT2D eigenvalue weighted by Gasteiger charge is -2.01. The standard InChI is InChI=1S/C12H14N2O4S/c1-8-11(19-10(14-8)7-16-2)12(15)17-4-3-9-5-13-18-6-9/h5-6H,3-4,7H2,1-2H3. The van der Waals surface area contributed by atoms with Crippen LogP contribution < -0.4 is 0 Å². The molecule has 7 heteroatoms. The molecule has 0 atom stereocenters. The molecule has 102 valence electrons. The Morgan fingerprint density at radius 1 is 1.53 bits per heavy atom. The maximum atomic E-state index is 11.9. The lowest BCUT2D eigenvalue weighted by atomic mass is 10.3. The van der Waals surface area contributed by atoms with Gasteiger partial charge in [-0.2, -0.15) is 0 Å². The Balaban J connectivity index is 1.88. The Kier molecular flexibility index (Phi) is 4.64. The van der Waals surface area contributed by atoms with Gasteiger partial charge in [0, 0.05) is 19.1 Å². The van der Waals surface area contributed by atoms with E-state index in [1.807, 2.05) is 0 Å². The van der Waals surface area contributed by atoms with Crippen LogP contribution in [0.3, 0.4) is 0 Å². The number of nitrogens with zero attached hydrogens (tertiary/aromatic N) is 2. The first-order chi connectivity index (χ1) is 9.20. The minimum Gasteiger partial charge on any atom is -0.461 e. The monoisotopic (exact) mass is 282 g/mol. The zero-order chi connectivity index (χ0) is 13.7. The Hall–Kier alpha value is -1.73. The molecule has 2 aromatic heterocycles. The van der Waals surface area contributed by atoms with Gasteiger partial charge in [-0.3, -0.25) is 0 Å². The van der Waals surface area contributed by atoms with E-state index in [-0.39, 0.29) is 12.6 Å². The first-order valence-electron chi connectivity index (χ1n) is 5.71. The average Bonchev–Trinajstić information content (AvgIpc) is 2.99. The largest absolute Gasteiger partial charge is 0.461 e. The van der Waals surface area contributed by atoms with Crippen molar-refractivity contribution in [3.63, 3.8) is 0 Å². The number of aromatic nitrogens is 2. The SMILES string of the molecule is COCc1nc(C)c(C(=O)OCCc2cnoc2)s1. The van der Waals surface area contributed by atoms with Crippen molar-refractivity contribution in [2.75, 3.05) is 13.7 Å². The number of hydrogen-bond donors (Lipinski definition) is 0. The number of thiazole rings is 1. The molecule has 0 saturated heterocycles. The topological polar surface area (TPSA) is 74.5 Å². The number of rotatable bonds is 6. The van der Waals surface area contributed by atoms with Gasteiger partial charge in [0.25, 0.3) is 0 Å². The number of ether oxygens (including phenoxy) is 2. The molecule has 0 fully saturated rings. The Bertz CT molecular complexity index is 536. The van der Waals surface area contributed by atoms with Crippen LogP contribution in [0.5, 0.6) is 0 Å². The van der Waals surface area contributed by atoms with Crippen LogP contribution in [0.1, 0.15) is 25.9 Å². The molecule has 0 N–H and O–H groups in total. The predicted octanol–water partition coefficient (Wildman–Crippen LogP) is 1.99. The van der Waals surface area contributed by atoms with Crippen molar-refractivity contribution >= 4 is 17.3 Å². The van der Waals surface area contributed by atoms with Crippen LogP contribution in [0.4, 0.5) is 0 Å². The van der Waals surface area contributed by atoms with Gasteiger partial charge < -0.3 is 14.0 Å². The van der Waals surface area contributed by atoms with Gasteiger partial charge in [-0.05, 0) is 6.92 Å². The first-order valence-corrected chi connectivity index (χ1v) is 6.53. The highest BCUT2D eigenvalue weighted by Gasteiger charge is 2.16. The van der Waals surface area contributed by atoms with Gasteiger partial charge in [-0.15, -0.1) is 11.3 Å². The third-order valence-electron chi connectivity index (χ3n) is 2.40. The lowest BCUT2D eigenvalue weighted by molar-refractivity contribution is 0.0514. The summed E-state index contributed by atoms with van der Waals surface area (Å²) in [7, 11) is 1.59. The van der Waals surface area contributed by atoms with Gasteiger partial charge in [0.05, 0.1) is 25.1 Å². The highest BCUT2D eigenvalue weighted by molar-refractivity contribution is 7.13. The number of esters is 1. The second kappa shape index (κ2) is 6.44. The average molecular weight is 282 g/mol. The summed E-state index contributed by atoms with van der Waals surface area (Å²) < 4.78 is 14.9. The fourth-order valence-corrected chi connectivity index (χ4v) is 2.43. The van der Waals surface area contributed by atoms with Crippen molar-refractivity contribution in [2.45, 2.75) is 20.0 Å². The number of hydrogen-bond acceptors (Lipinski definition) is 7. The molecule has 0 bridgehead atoms. The predicted molar refractivity (Wildman–Crippen MR) is 68.1 cm³/mol. The number of carbonyl (C=O) groups excluding carboxylic acids is 1. The van der Waals surface area contributed by atoms with Gasteiger partial charge in [0.2, 0.25) is 0 Å². The molecule has 0 aliphatic rings. The molecule has 0 aliphatic heterocycles. The van der Waals surface area contributed by atoms with Gasteiger partial charge in [0.15, 0.2) is 0 Å². The van der Waals surface area contributed by atoms with Crippen LogP contribution in [0.2, 0.25) is 0 Å². The van der Waals surface area contributed by atoms with E-state index < -0.39 is 0 Å². The molecule has 0 amide bonds. The first kappa shape index (κ1) is 13.7. The quantitative estimate of drug-likeness (QED) is 0.754.